The van der Waals surface area contributed by atoms with Crippen LogP contribution in [-0.2, 0) is 4.79 Å². The summed E-state index contributed by atoms with van der Waals surface area (Å²) < 4.78 is 5.54. The minimum absolute atomic E-state index is 0.220. The van der Waals surface area contributed by atoms with Crippen LogP contribution in [0.2, 0.25) is 0 Å². The van der Waals surface area contributed by atoms with Gasteiger partial charge in [-0.2, -0.15) is 0 Å². The van der Waals surface area contributed by atoms with Crippen LogP contribution in [0.1, 0.15) is 18.4 Å². The molecule has 22 heavy (non-hydrogen) atoms. The van der Waals surface area contributed by atoms with Crippen LogP contribution in [0.3, 0.4) is 0 Å². The molecule has 3 fully saturated rings. The first-order valence-electron chi connectivity index (χ1n) is 7.84. The number of methoxy groups -OCH3 is 1. The fourth-order valence-corrected chi connectivity index (χ4v) is 3.65. The Kier molecular flexibility index (Phi) is 3.14. The molecule has 3 aliphatic heterocycles. The zero-order chi connectivity index (χ0) is 15.1. The molecule has 0 saturated carbocycles. The molecular weight excluding hydrogens is 274 g/mol. The Bertz CT molecular complexity index is 770. The Balaban J connectivity index is 1.90. The maximum atomic E-state index is 12.6. The summed E-state index contributed by atoms with van der Waals surface area (Å²) in [5, 5.41) is 2.29. The van der Waals surface area contributed by atoms with Crippen molar-refractivity contribution in [2.75, 3.05) is 20.2 Å². The van der Waals surface area contributed by atoms with Gasteiger partial charge in [-0.25, -0.2) is 0 Å². The van der Waals surface area contributed by atoms with Crippen molar-refractivity contribution in [3.8, 4) is 5.75 Å². The molecule has 0 N–H and O–H groups in total. The highest BCUT2D eigenvalue weighted by atomic mass is 16.5. The lowest BCUT2D eigenvalue weighted by Gasteiger charge is -2.41. The summed E-state index contributed by atoms with van der Waals surface area (Å²) in [6, 6.07) is 12.3. The number of Topliss-reactive ketones (excluding diaryl/α,β-unsaturated/α-hetero) is 1. The van der Waals surface area contributed by atoms with Crippen LogP contribution in [0.4, 0.5) is 0 Å². The van der Waals surface area contributed by atoms with Crippen molar-refractivity contribution in [3.05, 3.63) is 47.7 Å². The molecule has 2 bridgehead atoms. The van der Waals surface area contributed by atoms with Crippen LogP contribution < -0.4 is 4.74 Å². The highest BCUT2D eigenvalue weighted by Gasteiger charge is 2.36. The molecule has 0 spiro atoms. The van der Waals surface area contributed by atoms with Crippen molar-refractivity contribution in [1.29, 1.82) is 0 Å². The quantitative estimate of drug-likeness (QED) is 0.794. The van der Waals surface area contributed by atoms with Gasteiger partial charge >= 0.3 is 0 Å². The third-order valence-corrected chi connectivity index (χ3v) is 4.89. The first-order chi connectivity index (χ1) is 10.8. The number of hydrogen-bond acceptors (Lipinski definition) is 3. The lowest BCUT2D eigenvalue weighted by molar-refractivity contribution is -0.125. The van der Waals surface area contributed by atoms with E-state index in [0.717, 1.165) is 48.3 Å². The number of ether oxygens (including phenoxy) is 1. The molecule has 0 radical (unpaired) electrons. The van der Waals surface area contributed by atoms with E-state index in [9.17, 15) is 4.79 Å². The Morgan fingerprint density at radius 1 is 1.14 bits per heavy atom. The molecule has 0 aromatic heterocycles. The van der Waals surface area contributed by atoms with Crippen LogP contribution in [0.15, 0.2) is 42.1 Å². The van der Waals surface area contributed by atoms with E-state index in [0.29, 0.717) is 5.78 Å². The van der Waals surface area contributed by atoms with E-state index in [4.69, 9.17) is 4.74 Å². The number of carbonyl (C=O) groups excluding carboxylic acids is 1. The van der Waals surface area contributed by atoms with Gasteiger partial charge in [0.05, 0.1) is 12.8 Å². The van der Waals surface area contributed by atoms with Gasteiger partial charge in [-0.15, -0.1) is 0 Å². The van der Waals surface area contributed by atoms with Crippen LogP contribution in [0.5, 0.6) is 5.75 Å². The van der Waals surface area contributed by atoms with E-state index in [-0.39, 0.29) is 5.92 Å². The lowest BCUT2D eigenvalue weighted by atomic mass is 9.84. The first kappa shape index (κ1) is 13.4. The van der Waals surface area contributed by atoms with E-state index in [1.54, 1.807) is 7.11 Å². The molecule has 0 unspecified atom stereocenters. The summed E-state index contributed by atoms with van der Waals surface area (Å²) in [4.78, 5) is 14.8. The number of benzene rings is 2. The maximum absolute atomic E-state index is 12.6. The number of carbonyl (C=O) groups is 1. The van der Waals surface area contributed by atoms with Crippen molar-refractivity contribution in [1.82, 2.24) is 4.90 Å². The minimum atomic E-state index is 0.220. The first-order valence-corrected chi connectivity index (χ1v) is 7.84. The molecule has 0 atom stereocenters. The van der Waals surface area contributed by atoms with Crippen molar-refractivity contribution in [3.63, 3.8) is 0 Å². The predicted octanol–water partition coefficient (Wildman–Crippen LogP) is 3.48. The average molecular weight is 293 g/mol. The summed E-state index contributed by atoms with van der Waals surface area (Å²) in [7, 11) is 1.68. The highest BCUT2D eigenvalue weighted by Crippen LogP contribution is 2.36. The number of ketones is 1. The number of hydrogen-bond donors (Lipinski definition) is 0. The van der Waals surface area contributed by atoms with E-state index in [1.165, 1.54) is 5.39 Å². The summed E-state index contributed by atoms with van der Waals surface area (Å²) in [6.45, 7) is 1.99. The number of allylic oxidation sites excluding steroid dienone is 1. The molecule has 2 aromatic carbocycles. The summed E-state index contributed by atoms with van der Waals surface area (Å²) in [6.07, 6.45) is 4.04. The third kappa shape index (κ3) is 2.00. The lowest BCUT2D eigenvalue weighted by Crippen LogP contribution is -2.45. The fraction of sp³-hybridized carbons (Fsp3) is 0.316. The Labute approximate surface area is 130 Å². The van der Waals surface area contributed by atoms with Gasteiger partial charge in [0.1, 0.15) is 5.75 Å². The standard InChI is InChI=1S/C19H19NO2/c1-22-18-7-6-13-4-2-3-5-15(13)16(18)12-17-19(21)14-8-10-20(17)11-9-14/h2-7,12,14H,8-11H2,1H3/b17-12+. The normalized spacial score (nSPS) is 20.1. The minimum Gasteiger partial charge on any atom is -0.496 e. The Hall–Kier alpha value is -2.29. The monoisotopic (exact) mass is 293 g/mol. The maximum Gasteiger partial charge on any atom is 0.182 e. The third-order valence-electron chi connectivity index (χ3n) is 4.89. The van der Waals surface area contributed by atoms with Gasteiger partial charge in [-0.05, 0) is 35.8 Å². The van der Waals surface area contributed by atoms with Crippen molar-refractivity contribution < 1.29 is 9.53 Å². The van der Waals surface area contributed by atoms with Crippen LogP contribution >= 0.6 is 0 Å². The smallest absolute Gasteiger partial charge is 0.182 e. The zero-order valence-corrected chi connectivity index (χ0v) is 12.7. The molecule has 3 heterocycles. The van der Waals surface area contributed by atoms with Gasteiger partial charge in [0.15, 0.2) is 5.78 Å². The fourth-order valence-electron chi connectivity index (χ4n) is 3.65. The second-order valence-electron chi connectivity index (χ2n) is 6.06. The van der Waals surface area contributed by atoms with Crippen molar-refractivity contribution in [2.45, 2.75) is 12.8 Å². The van der Waals surface area contributed by atoms with E-state index in [1.807, 2.05) is 24.3 Å². The molecule has 3 nitrogen and oxygen atoms in total. The Morgan fingerprint density at radius 2 is 1.91 bits per heavy atom. The molecule has 112 valence electrons. The van der Waals surface area contributed by atoms with Crippen LogP contribution in [0.25, 0.3) is 16.8 Å². The summed E-state index contributed by atoms with van der Waals surface area (Å²) in [5.74, 6) is 1.34. The van der Waals surface area contributed by atoms with Crippen LogP contribution in [0, 0.1) is 5.92 Å². The number of fused-ring (bicyclic) bond motifs is 4. The molecule has 0 aliphatic carbocycles. The second-order valence-corrected chi connectivity index (χ2v) is 6.06. The number of rotatable bonds is 2. The zero-order valence-electron chi connectivity index (χ0n) is 12.7. The topological polar surface area (TPSA) is 29.5 Å². The van der Waals surface area contributed by atoms with E-state index in [2.05, 4.69) is 23.1 Å². The molecule has 3 aliphatic rings. The van der Waals surface area contributed by atoms with E-state index >= 15 is 0 Å². The summed E-state index contributed by atoms with van der Waals surface area (Å²) >= 11 is 0. The van der Waals surface area contributed by atoms with E-state index < -0.39 is 0 Å². The van der Waals surface area contributed by atoms with Crippen molar-refractivity contribution in [2.24, 2.45) is 5.92 Å². The van der Waals surface area contributed by atoms with Gasteiger partial charge in [0.2, 0.25) is 0 Å². The van der Waals surface area contributed by atoms with Crippen molar-refractivity contribution >= 4 is 22.6 Å². The van der Waals surface area contributed by atoms with Gasteiger partial charge in [-0.3, -0.25) is 4.79 Å². The molecule has 3 saturated heterocycles. The summed E-state index contributed by atoms with van der Waals surface area (Å²) in [5.41, 5.74) is 1.87. The van der Waals surface area contributed by atoms with Crippen LogP contribution in [-0.4, -0.2) is 30.9 Å². The van der Waals surface area contributed by atoms with Gasteiger partial charge < -0.3 is 9.64 Å². The SMILES string of the molecule is COc1ccc2ccccc2c1/C=C1\C(=O)C2CCN1CC2. The van der Waals surface area contributed by atoms with Gasteiger partial charge in [-0.1, -0.05) is 30.3 Å². The molecule has 5 rings (SSSR count). The van der Waals surface area contributed by atoms with Gasteiger partial charge in [0, 0.05) is 24.6 Å². The average Bonchev–Trinajstić information content (AvgIpc) is 2.58. The number of nitrogens with zero attached hydrogens (tertiary/aromatic N) is 1. The molecule has 2 aromatic rings. The predicted molar refractivity (Wildman–Crippen MR) is 87.8 cm³/mol. The molecule has 0 amide bonds. The number of piperidine rings is 3. The largest absolute Gasteiger partial charge is 0.496 e. The van der Waals surface area contributed by atoms with Gasteiger partial charge in [0.25, 0.3) is 0 Å². The highest BCUT2D eigenvalue weighted by molar-refractivity contribution is 6.04. The molecule has 3 heteroatoms. The second kappa shape index (κ2) is 5.16. The molecular formula is C19H19NO2. The Morgan fingerprint density at radius 3 is 2.64 bits per heavy atom.